The van der Waals surface area contributed by atoms with Gasteiger partial charge in [0, 0.05) is 67.1 Å². The van der Waals surface area contributed by atoms with Crippen LogP contribution in [0, 0.1) is 0 Å². The quantitative estimate of drug-likeness (QED) is 0.0270. The third-order valence-electron chi connectivity index (χ3n) is 25.7. The molecule has 18 unspecified atom stereocenters. The predicted molar refractivity (Wildman–Crippen MR) is 457 cm³/mol. The highest BCUT2D eigenvalue weighted by Crippen LogP contribution is 2.43. The Morgan fingerprint density at radius 2 is 0.887 bits per heavy atom. The van der Waals surface area contributed by atoms with E-state index >= 15 is 4.79 Å². The van der Waals surface area contributed by atoms with Crippen LogP contribution < -0.4 is 53.6 Å². The summed E-state index contributed by atoms with van der Waals surface area (Å²) in [7, 11) is 0. The lowest BCUT2D eigenvalue weighted by molar-refractivity contribution is -0.385. The molecule has 9 aliphatic rings. The summed E-state index contributed by atoms with van der Waals surface area (Å²) < 4.78 is 72.3. The van der Waals surface area contributed by atoms with Crippen molar-refractivity contribution in [2.24, 2.45) is 5.73 Å². The summed E-state index contributed by atoms with van der Waals surface area (Å²) in [6, 6.07) is -18.7. The summed E-state index contributed by atoms with van der Waals surface area (Å²) in [5.41, 5.74) is 5.39. The number of aliphatic carboxylic acids is 2. The minimum Gasteiger partial charge on any atom is -0.477 e. The van der Waals surface area contributed by atoms with Gasteiger partial charge in [0.1, 0.15) is 176 Å². The van der Waals surface area contributed by atoms with E-state index in [0.29, 0.717) is 12.8 Å². The van der Waals surface area contributed by atoms with Gasteiger partial charge in [0.25, 0.3) is 11.6 Å². The molecule has 0 aliphatic carbocycles. The Morgan fingerprint density at radius 1 is 0.451 bits per heavy atom. The van der Waals surface area contributed by atoms with Gasteiger partial charge in [-0.3, -0.25) is 62.3 Å². The number of likely N-dealkylation sites (tertiary alicyclic amines) is 3. The summed E-state index contributed by atoms with van der Waals surface area (Å²) >= 11 is 0. The number of carbonyl (C=O) groups excluding carboxylic acids is 13. The fraction of sp³-hybridized carbons (Fsp3) is 0.817. The van der Waals surface area contributed by atoms with Gasteiger partial charge < -0.3 is 227 Å². The van der Waals surface area contributed by atoms with Crippen LogP contribution in [-0.2, 0) is 129 Å². The highest BCUT2D eigenvalue weighted by molar-refractivity contribution is 5.98. The monoisotopic (exact) mass is 2050 g/mol. The van der Waals surface area contributed by atoms with Gasteiger partial charge in [-0.2, -0.15) is 0 Å². The Labute approximate surface area is 807 Å². The number of primary amides is 1. The molecule has 60 heteroatoms. The molecule has 9 aliphatic heterocycles. The molecular formula is C82H131N13O47. The van der Waals surface area contributed by atoms with Crippen molar-refractivity contribution in [2.45, 2.75) is 350 Å². The number of ether oxygens (including phenoxy) is 12. The van der Waals surface area contributed by atoms with E-state index in [1.165, 1.54) is 23.6 Å². The van der Waals surface area contributed by atoms with Crippen molar-refractivity contribution in [1.29, 1.82) is 0 Å². The van der Waals surface area contributed by atoms with E-state index in [-0.39, 0.29) is 45.3 Å². The maximum absolute atomic E-state index is 15.4. The Morgan fingerprint density at radius 3 is 1.35 bits per heavy atom. The van der Waals surface area contributed by atoms with E-state index in [1.54, 1.807) is 0 Å². The molecule has 142 heavy (non-hydrogen) atoms. The van der Waals surface area contributed by atoms with Gasteiger partial charge in [-0.15, -0.1) is 0 Å². The van der Waals surface area contributed by atoms with E-state index in [9.17, 15) is 169 Å². The molecule has 0 bridgehead atoms. The predicted octanol–water partition coefficient (Wildman–Crippen LogP) is -19.1. The van der Waals surface area contributed by atoms with Gasteiger partial charge in [-0.25, -0.2) is 9.59 Å². The first-order valence-electron chi connectivity index (χ1n) is 45.7. The smallest absolute Gasteiger partial charge is 0.364 e. The number of carboxylic acids is 2. The molecule has 31 N–H and O–H groups in total. The highest BCUT2D eigenvalue weighted by atomic mass is 16.8. The van der Waals surface area contributed by atoms with Crippen molar-refractivity contribution in [3.63, 3.8) is 0 Å². The van der Waals surface area contributed by atoms with Gasteiger partial charge in [0.05, 0.1) is 83.2 Å². The number of carboxylic acid groups (broad SMARTS) is 2. The van der Waals surface area contributed by atoms with Crippen molar-refractivity contribution in [1.82, 2.24) is 62.6 Å². The van der Waals surface area contributed by atoms with Crippen molar-refractivity contribution in [2.75, 3.05) is 72.4 Å². The number of nitrogens with one attached hydrogen (secondary N) is 9. The van der Waals surface area contributed by atoms with Gasteiger partial charge in [0.15, 0.2) is 25.2 Å². The number of hydrogen-bond donors (Lipinski definition) is 30. The first-order chi connectivity index (χ1) is 66.8. The number of amides is 13. The maximum atomic E-state index is 15.4. The highest BCUT2D eigenvalue weighted by Gasteiger charge is 2.64. The van der Waals surface area contributed by atoms with Crippen LogP contribution in [0.4, 0.5) is 0 Å². The van der Waals surface area contributed by atoms with E-state index in [1.807, 2.05) is 0 Å². The summed E-state index contributed by atoms with van der Waals surface area (Å²) in [6.45, 7) is -1.58. The number of rotatable bonds is 43. The van der Waals surface area contributed by atoms with Crippen molar-refractivity contribution < 1.29 is 231 Å². The van der Waals surface area contributed by atoms with E-state index < -0.39 is 398 Å². The molecule has 0 aromatic carbocycles. The van der Waals surface area contributed by atoms with Gasteiger partial charge in [-0.1, -0.05) is 0 Å². The molecule has 40 atom stereocenters. The normalized spacial score (nSPS) is 36.2. The zero-order valence-electron chi connectivity index (χ0n) is 78.3. The van der Waals surface area contributed by atoms with E-state index in [0.717, 1.165) is 46.4 Å². The minimum atomic E-state index is -3.45. The second kappa shape index (κ2) is 50.8. The zero-order chi connectivity index (χ0) is 106. The second-order valence-electron chi connectivity index (χ2n) is 36.0. The Kier molecular flexibility index (Phi) is 41.6. The lowest BCUT2D eigenvalue weighted by atomic mass is 9.88. The van der Waals surface area contributed by atoms with Crippen molar-refractivity contribution in [3.05, 3.63) is 0 Å². The number of aliphatic hydroxyl groups excluding tert-OH is 18. The number of nitrogens with two attached hydrogens (primary N) is 1. The minimum absolute atomic E-state index is 0.0131. The fourth-order valence-electron chi connectivity index (χ4n) is 18.4. The summed E-state index contributed by atoms with van der Waals surface area (Å²) in [5, 5.41) is 246. The SMILES string of the molecule is CC(=O)N[C@@H]1C(O[C@@H]2OC(CO)[C@H](O)C(O[C@]3(C(=O)O)C[C@H](O)[C@@H](NC(C)=O)C([C@H](O)[C@H](O)CO)O3)[C@H]2O)[C@@H](O)C(CO[C@@H]2OC(CO)[C@H](O[C@@H]3OC(CO)[C@H](O)C(O[C@]4(C(=O)O)C[C@H](O)[C@@H](NC(C)=O)C([C@H](O)[C@H](O)CO)O4)[C@H]3O)C(O)[C@H]2NC(C)=O)O[C@H]1OC(C)C(NC(=O)C(CO)NC(=O)CNC(=O)C1CCCN1C(C)=O)C(=O)NC(C)C(=O)N1CCCC1C(=O)N1CCCC1C(=O)NC(C)C(N)=O. The molecule has 0 aromatic heterocycles. The topological polar surface area (TPSA) is 915 Å². The Bertz CT molecular complexity index is 4390. The zero-order valence-corrected chi connectivity index (χ0v) is 78.3. The van der Waals surface area contributed by atoms with Crippen LogP contribution in [0.2, 0.25) is 0 Å². The molecule has 9 rings (SSSR count). The van der Waals surface area contributed by atoms with E-state index in [4.69, 9.17) is 62.6 Å². The summed E-state index contributed by atoms with van der Waals surface area (Å²) in [4.78, 5) is 207. The second-order valence-corrected chi connectivity index (χ2v) is 36.0. The molecule has 0 radical (unpaired) electrons. The number of aliphatic hydroxyl groups is 18. The Hall–Kier alpha value is -9.15. The van der Waals surface area contributed by atoms with Crippen LogP contribution in [0.1, 0.15) is 107 Å². The van der Waals surface area contributed by atoms with Gasteiger partial charge >= 0.3 is 11.9 Å². The van der Waals surface area contributed by atoms with Crippen LogP contribution in [0.5, 0.6) is 0 Å². The molecule has 9 saturated heterocycles. The molecule has 60 nitrogen and oxygen atoms in total. The lowest BCUT2D eigenvalue weighted by Crippen LogP contribution is -2.71. The number of hydrogen-bond acceptors (Lipinski definition) is 45. The van der Waals surface area contributed by atoms with Gasteiger partial charge in [0.2, 0.25) is 76.8 Å². The van der Waals surface area contributed by atoms with Crippen molar-refractivity contribution >= 4 is 88.7 Å². The third-order valence-corrected chi connectivity index (χ3v) is 25.7. The fourth-order valence-corrected chi connectivity index (χ4v) is 18.4. The average molecular weight is 2050 g/mol. The summed E-state index contributed by atoms with van der Waals surface area (Å²) in [6.07, 6.45) is -64.3. The number of nitrogens with zero attached hydrogens (tertiary/aromatic N) is 3. The molecule has 0 spiro atoms. The molecule has 0 saturated carbocycles. The average Bonchev–Trinajstić information content (AvgIpc) is 0.994. The van der Waals surface area contributed by atoms with E-state index in [2.05, 4.69) is 47.9 Å². The standard InChI is InChI=1S/C82H131N13O47/c1-28(68(83)120)85-71(123)38-13-10-16-94(38)74(126)39-14-11-17-95(39)73(125)29(2)86-72(124)49(92-69(121)36(21-96)91-48(111)20-84-70(122)37-12-9-15-93(37)35(8)106)30(3)132-76-53(90-34(7)105)63(138-78-61(119)67(57(115)45(25-100)134-78)142-82(80(129)130)19-41(108)51(88-32(5)103)65(140-82)55(113)43(110)23-98)58(116)47(136-76)27-131-75-52(89-33(6)104)59(117)62(46(26-101)135-75)137-77-60(118)66(56(114)44(24-99)133-77)141-81(79(127)128)18-40(107)50(87-31(4)102)64(139-81)54(112)42(109)22-97/h28-30,36-47,49-67,75-78,96-101,107-110,112-119H,9-27H2,1-8H3,(H2,83,120)(H,84,122)(H,85,123)(H,86,124)(H,87,102)(H,88,103)(H,89,104)(H,90,105)(H,91,111)(H,92,121)(H,127,128)(H,129,130)/t28?,29?,30?,36?,37?,38?,39?,40-,41-,42+,43+,44?,45?,46?,47?,49?,50+,51+,52+,53+,54+,55+,56-,57-,58-,59?,60+,61+,62-,63?,64?,65?,66?,67?,75+,76+,77-,78-,81-,82-/m0/s1. The number of carbonyl (C=O) groups is 15. The van der Waals surface area contributed by atoms with Crippen LogP contribution in [-0.4, -0.2) is 522 Å². The third kappa shape index (κ3) is 27.2. The molecule has 806 valence electrons. The molecular weight excluding hydrogens is 1920 g/mol. The lowest BCUT2D eigenvalue weighted by Gasteiger charge is -2.51. The molecule has 9 heterocycles. The van der Waals surface area contributed by atoms with Crippen LogP contribution >= 0.6 is 0 Å². The molecule has 0 aromatic rings. The Balaban J connectivity index is 1.09. The largest absolute Gasteiger partial charge is 0.477 e. The van der Waals surface area contributed by atoms with Crippen LogP contribution in [0.25, 0.3) is 0 Å². The summed E-state index contributed by atoms with van der Waals surface area (Å²) in [5.74, 6) is -23.8. The van der Waals surface area contributed by atoms with Crippen LogP contribution in [0.15, 0.2) is 0 Å². The van der Waals surface area contributed by atoms with Gasteiger partial charge in [-0.05, 0) is 59.3 Å². The molecule has 9 fully saturated rings. The molecule has 13 amide bonds. The maximum Gasteiger partial charge on any atom is 0.364 e. The van der Waals surface area contributed by atoms with Crippen LogP contribution in [0.3, 0.4) is 0 Å². The first-order valence-corrected chi connectivity index (χ1v) is 45.7. The first kappa shape index (κ1) is 116. The van der Waals surface area contributed by atoms with Crippen molar-refractivity contribution in [3.8, 4) is 0 Å².